The van der Waals surface area contributed by atoms with Crippen LogP contribution in [0.25, 0.3) is 0 Å². The molecule has 0 rings (SSSR count). The molecule has 0 spiro atoms. The Labute approximate surface area is 107 Å². The van der Waals surface area contributed by atoms with Gasteiger partial charge in [-0.3, -0.25) is 0 Å². The molecule has 0 saturated heterocycles. The van der Waals surface area contributed by atoms with Gasteiger partial charge >= 0.3 is 0 Å². The Morgan fingerprint density at radius 3 is 1.65 bits per heavy atom. The van der Waals surface area contributed by atoms with Gasteiger partial charge in [0.2, 0.25) is 0 Å². The Balaban J connectivity index is 5.26. The molecule has 2 nitrogen and oxygen atoms in total. The molecule has 0 aromatic heterocycles. The van der Waals surface area contributed by atoms with Crippen molar-refractivity contribution in [2.45, 2.75) is 79.9 Å². The van der Waals surface area contributed by atoms with Crippen molar-refractivity contribution in [3.05, 3.63) is 0 Å². The van der Waals surface area contributed by atoms with Crippen LogP contribution in [0.1, 0.15) is 68.2 Å². The lowest BCUT2D eigenvalue weighted by molar-refractivity contribution is -0.166. The largest absolute Gasteiger partial charge is 0.390 e. The predicted molar refractivity (Wildman–Crippen MR) is 73.9 cm³/mol. The van der Waals surface area contributed by atoms with Gasteiger partial charge in [0.25, 0.3) is 0 Å². The third kappa shape index (κ3) is 3.45. The van der Waals surface area contributed by atoms with Crippen molar-refractivity contribution in [2.75, 3.05) is 0 Å². The van der Waals surface area contributed by atoms with Gasteiger partial charge in [-0.2, -0.15) is 0 Å². The highest BCUT2D eigenvalue weighted by Gasteiger charge is 2.49. The van der Waals surface area contributed by atoms with E-state index < -0.39 is 11.7 Å². The maximum atomic E-state index is 11.0. The van der Waals surface area contributed by atoms with E-state index in [0.717, 1.165) is 6.42 Å². The Bertz CT molecular complexity index is 241. The van der Waals surface area contributed by atoms with E-state index in [4.69, 9.17) is 0 Å². The zero-order valence-corrected chi connectivity index (χ0v) is 13.0. The quantitative estimate of drug-likeness (QED) is 0.749. The van der Waals surface area contributed by atoms with E-state index >= 15 is 0 Å². The van der Waals surface area contributed by atoms with Crippen LogP contribution in [0.2, 0.25) is 0 Å². The first kappa shape index (κ1) is 16.9. The Morgan fingerprint density at radius 2 is 1.41 bits per heavy atom. The minimum Gasteiger partial charge on any atom is -0.390 e. The van der Waals surface area contributed by atoms with E-state index in [2.05, 4.69) is 34.6 Å². The van der Waals surface area contributed by atoms with Crippen LogP contribution in [0.5, 0.6) is 0 Å². The van der Waals surface area contributed by atoms with Crippen LogP contribution in [0.3, 0.4) is 0 Å². The average Bonchev–Trinajstić information content (AvgIpc) is 2.16. The molecule has 0 saturated carbocycles. The number of rotatable bonds is 6. The van der Waals surface area contributed by atoms with Crippen molar-refractivity contribution in [1.29, 1.82) is 0 Å². The fraction of sp³-hybridized carbons (Fsp3) is 1.00. The molecule has 2 heteroatoms. The molecule has 0 heterocycles. The summed E-state index contributed by atoms with van der Waals surface area (Å²) in [6.07, 6.45) is 0.758. The second-order valence-corrected chi connectivity index (χ2v) is 7.16. The second-order valence-electron chi connectivity index (χ2n) is 7.16. The summed E-state index contributed by atoms with van der Waals surface area (Å²) >= 11 is 0. The Kier molecular flexibility index (Phi) is 5.25. The minimum absolute atomic E-state index is 0.0121. The Morgan fingerprint density at radius 1 is 1.00 bits per heavy atom. The summed E-state index contributed by atoms with van der Waals surface area (Å²) in [5.74, 6) is 0.473. The van der Waals surface area contributed by atoms with Gasteiger partial charge in [0, 0.05) is 0 Å². The van der Waals surface area contributed by atoms with Crippen molar-refractivity contribution in [3.63, 3.8) is 0 Å². The topological polar surface area (TPSA) is 40.5 Å². The van der Waals surface area contributed by atoms with Crippen LogP contribution < -0.4 is 0 Å². The first-order valence-electron chi connectivity index (χ1n) is 6.81. The molecule has 17 heavy (non-hydrogen) atoms. The smallest absolute Gasteiger partial charge is 0.0958 e. The standard InChI is InChI=1S/C15H32O2/c1-9-14(7,8)15(17,12(4)16)10-13(5,6)11(2)3/h11-12,16-17H,9-10H2,1-8H3. The van der Waals surface area contributed by atoms with Crippen LogP contribution in [0, 0.1) is 16.7 Å². The summed E-state index contributed by atoms with van der Waals surface area (Å²) in [7, 11) is 0. The van der Waals surface area contributed by atoms with Gasteiger partial charge in [-0.15, -0.1) is 0 Å². The molecule has 0 bridgehead atoms. The highest BCUT2D eigenvalue weighted by Crippen LogP contribution is 2.46. The highest BCUT2D eigenvalue weighted by atomic mass is 16.3. The fourth-order valence-corrected chi connectivity index (χ4v) is 2.16. The number of hydrogen-bond acceptors (Lipinski definition) is 2. The summed E-state index contributed by atoms with van der Waals surface area (Å²) in [5.41, 5.74) is -1.30. The monoisotopic (exact) mass is 244 g/mol. The van der Waals surface area contributed by atoms with Crippen LogP contribution in [-0.2, 0) is 0 Å². The summed E-state index contributed by atoms with van der Waals surface area (Å²) in [6, 6.07) is 0. The first-order valence-corrected chi connectivity index (χ1v) is 6.81. The van der Waals surface area contributed by atoms with Crippen molar-refractivity contribution in [3.8, 4) is 0 Å². The molecule has 0 radical (unpaired) electrons. The highest BCUT2D eigenvalue weighted by molar-refractivity contribution is 5.00. The van der Waals surface area contributed by atoms with E-state index in [1.54, 1.807) is 6.92 Å². The Hall–Kier alpha value is -0.0800. The number of aliphatic hydroxyl groups excluding tert-OH is 1. The molecule has 2 atom stereocenters. The molecule has 0 aliphatic rings. The third-order valence-electron chi connectivity index (χ3n) is 5.04. The average molecular weight is 244 g/mol. The summed E-state index contributed by atoms with van der Waals surface area (Å²) < 4.78 is 0. The predicted octanol–water partition coefficient (Wildman–Crippen LogP) is 3.61. The van der Waals surface area contributed by atoms with Gasteiger partial charge in [-0.1, -0.05) is 48.5 Å². The van der Waals surface area contributed by atoms with Crippen LogP contribution in [0.4, 0.5) is 0 Å². The normalized spacial score (nSPS) is 19.2. The van der Waals surface area contributed by atoms with Gasteiger partial charge in [-0.05, 0) is 36.5 Å². The van der Waals surface area contributed by atoms with Crippen molar-refractivity contribution in [2.24, 2.45) is 16.7 Å². The zero-order chi connectivity index (χ0) is 14.1. The number of hydrogen-bond donors (Lipinski definition) is 2. The molecule has 0 fully saturated rings. The molecule has 0 aromatic carbocycles. The van der Waals surface area contributed by atoms with Crippen LogP contribution in [-0.4, -0.2) is 21.9 Å². The first-order chi connectivity index (χ1) is 7.40. The molecular weight excluding hydrogens is 212 g/mol. The van der Waals surface area contributed by atoms with Gasteiger partial charge in [0.15, 0.2) is 0 Å². The maximum absolute atomic E-state index is 11.0. The van der Waals surface area contributed by atoms with Crippen molar-refractivity contribution in [1.82, 2.24) is 0 Å². The molecule has 0 amide bonds. The molecule has 2 unspecified atom stereocenters. The lowest BCUT2D eigenvalue weighted by Gasteiger charge is -2.49. The van der Waals surface area contributed by atoms with E-state index in [9.17, 15) is 10.2 Å². The SMILES string of the molecule is CCC(C)(C)C(O)(CC(C)(C)C(C)C)C(C)O. The van der Waals surface area contributed by atoms with E-state index in [0.29, 0.717) is 12.3 Å². The lowest BCUT2D eigenvalue weighted by Crippen LogP contribution is -2.55. The van der Waals surface area contributed by atoms with Crippen LogP contribution in [0.15, 0.2) is 0 Å². The van der Waals surface area contributed by atoms with Gasteiger partial charge in [-0.25, -0.2) is 0 Å². The van der Waals surface area contributed by atoms with Crippen molar-refractivity contribution >= 4 is 0 Å². The molecule has 0 aliphatic heterocycles. The van der Waals surface area contributed by atoms with Gasteiger partial charge in [0.1, 0.15) is 0 Å². The molecule has 2 N–H and O–H groups in total. The van der Waals surface area contributed by atoms with E-state index in [1.165, 1.54) is 0 Å². The molecule has 104 valence electrons. The minimum atomic E-state index is -1.03. The van der Waals surface area contributed by atoms with Crippen LogP contribution >= 0.6 is 0 Å². The van der Waals surface area contributed by atoms with Gasteiger partial charge < -0.3 is 10.2 Å². The summed E-state index contributed by atoms with van der Waals surface area (Å²) in [5, 5.41) is 21.0. The fourth-order valence-electron chi connectivity index (χ4n) is 2.16. The van der Waals surface area contributed by atoms with Gasteiger partial charge in [0.05, 0.1) is 11.7 Å². The number of aliphatic hydroxyl groups is 2. The van der Waals surface area contributed by atoms with E-state index in [-0.39, 0.29) is 10.8 Å². The van der Waals surface area contributed by atoms with E-state index in [1.807, 2.05) is 13.8 Å². The lowest BCUT2D eigenvalue weighted by atomic mass is 9.61. The zero-order valence-electron chi connectivity index (χ0n) is 13.0. The molecular formula is C15H32O2. The summed E-state index contributed by atoms with van der Waals surface area (Å²) in [4.78, 5) is 0. The maximum Gasteiger partial charge on any atom is 0.0958 e. The summed E-state index contributed by atoms with van der Waals surface area (Å²) in [6.45, 7) is 16.5. The van der Waals surface area contributed by atoms with Crippen molar-refractivity contribution < 1.29 is 10.2 Å². The third-order valence-corrected chi connectivity index (χ3v) is 5.04. The molecule has 0 aromatic rings. The second kappa shape index (κ2) is 5.27. The molecule has 0 aliphatic carbocycles.